The highest BCUT2D eigenvalue weighted by Crippen LogP contribution is 2.40. The molecule has 0 radical (unpaired) electrons. The third-order valence-electron chi connectivity index (χ3n) is 3.22. The number of nitrogens with two attached hydrogens (primary N) is 1. The van der Waals surface area contributed by atoms with Gasteiger partial charge in [-0.1, -0.05) is 18.6 Å². The van der Waals surface area contributed by atoms with Crippen molar-refractivity contribution in [3.8, 4) is 5.75 Å². The summed E-state index contributed by atoms with van der Waals surface area (Å²) in [5, 5.41) is 0. The van der Waals surface area contributed by atoms with Crippen LogP contribution in [0.15, 0.2) is 24.3 Å². The van der Waals surface area contributed by atoms with Crippen LogP contribution in [0.25, 0.3) is 0 Å². The van der Waals surface area contributed by atoms with E-state index in [-0.39, 0.29) is 11.2 Å². The first-order valence-electron chi connectivity index (χ1n) is 5.33. The van der Waals surface area contributed by atoms with Crippen LogP contribution in [0, 0.1) is 11.2 Å². The van der Waals surface area contributed by atoms with Crippen LogP contribution in [0.4, 0.5) is 4.39 Å². The molecule has 1 aliphatic carbocycles. The topological polar surface area (TPSA) is 35.2 Å². The zero-order valence-corrected chi connectivity index (χ0v) is 8.71. The lowest BCUT2D eigenvalue weighted by molar-refractivity contribution is 0.0646. The minimum atomic E-state index is -0.302. The quantitative estimate of drug-likeness (QED) is 0.826. The van der Waals surface area contributed by atoms with Gasteiger partial charge in [-0.25, -0.2) is 4.39 Å². The fourth-order valence-corrected chi connectivity index (χ4v) is 1.88. The van der Waals surface area contributed by atoms with Crippen molar-refractivity contribution in [1.29, 1.82) is 0 Å². The molecule has 82 valence electrons. The maximum absolute atomic E-state index is 13.2. The molecule has 1 aliphatic rings. The summed E-state index contributed by atoms with van der Waals surface area (Å²) in [7, 11) is 0. The third-order valence-corrected chi connectivity index (χ3v) is 3.22. The van der Waals surface area contributed by atoms with Gasteiger partial charge in [0.2, 0.25) is 0 Å². The van der Waals surface area contributed by atoms with Crippen molar-refractivity contribution in [3.05, 3.63) is 30.1 Å². The minimum absolute atomic E-state index is 0.0995. The Morgan fingerprint density at radius 2 is 2.07 bits per heavy atom. The number of hydrogen-bond acceptors (Lipinski definition) is 2. The number of halogens is 1. The van der Waals surface area contributed by atoms with Gasteiger partial charge in [-0.05, 0) is 25.0 Å². The van der Waals surface area contributed by atoms with Gasteiger partial charge in [-0.2, -0.15) is 0 Å². The summed E-state index contributed by atoms with van der Waals surface area (Å²) in [6.45, 7) is 1.16. The molecule has 0 amide bonds. The first-order chi connectivity index (χ1) is 7.26. The molecule has 0 aromatic heterocycles. The number of ether oxygens (including phenoxy) is 1. The summed E-state index contributed by atoms with van der Waals surface area (Å²) in [4.78, 5) is 0. The molecule has 1 aromatic carbocycles. The van der Waals surface area contributed by atoms with Crippen molar-refractivity contribution in [3.63, 3.8) is 0 Å². The van der Waals surface area contributed by atoms with Crippen molar-refractivity contribution in [2.75, 3.05) is 13.2 Å². The van der Waals surface area contributed by atoms with Crippen molar-refractivity contribution in [2.45, 2.75) is 19.3 Å². The normalized spacial score (nSPS) is 18.3. The number of para-hydroxylation sites is 1. The van der Waals surface area contributed by atoms with Crippen molar-refractivity contribution in [1.82, 2.24) is 0 Å². The lowest BCUT2D eigenvalue weighted by Gasteiger charge is -2.40. The van der Waals surface area contributed by atoms with Crippen LogP contribution in [0.2, 0.25) is 0 Å². The molecule has 0 spiro atoms. The Kier molecular flexibility index (Phi) is 2.91. The van der Waals surface area contributed by atoms with Gasteiger partial charge >= 0.3 is 0 Å². The molecular formula is C12H16FNO. The van der Waals surface area contributed by atoms with Crippen LogP contribution in [-0.4, -0.2) is 13.2 Å². The Morgan fingerprint density at radius 1 is 1.33 bits per heavy atom. The van der Waals surface area contributed by atoms with E-state index < -0.39 is 0 Å². The van der Waals surface area contributed by atoms with Crippen molar-refractivity contribution < 1.29 is 9.13 Å². The molecule has 0 bridgehead atoms. The van der Waals surface area contributed by atoms with Gasteiger partial charge in [0, 0.05) is 12.0 Å². The third kappa shape index (κ3) is 2.12. The van der Waals surface area contributed by atoms with Gasteiger partial charge in [0.05, 0.1) is 6.61 Å². The Bertz CT molecular complexity index is 331. The number of benzene rings is 1. The Balaban J connectivity index is 1.95. The van der Waals surface area contributed by atoms with E-state index in [4.69, 9.17) is 10.5 Å². The Morgan fingerprint density at radius 3 is 2.60 bits per heavy atom. The van der Waals surface area contributed by atoms with Gasteiger partial charge in [0.15, 0.2) is 11.6 Å². The van der Waals surface area contributed by atoms with Gasteiger partial charge in [0.25, 0.3) is 0 Å². The highest BCUT2D eigenvalue weighted by Gasteiger charge is 2.36. The summed E-state index contributed by atoms with van der Waals surface area (Å²) in [5.41, 5.74) is 5.80. The molecule has 3 heteroatoms. The fourth-order valence-electron chi connectivity index (χ4n) is 1.88. The molecule has 2 N–H and O–H groups in total. The monoisotopic (exact) mass is 209 g/mol. The van der Waals surface area contributed by atoms with Gasteiger partial charge in [-0.3, -0.25) is 0 Å². The largest absolute Gasteiger partial charge is 0.490 e. The molecule has 2 nitrogen and oxygen atoms in total. The summed E-state index contributed by atoms with van der Waals surface area (Å²) in [6, 6.07) is 6.49. The smallest absolute Gasteiger partial charge is 0.165 e. The van der Waals surface area contributed by atoms with Crippen LogP contribution >= 0.6 is 0 Å². The van der Waals surface area contributed by atoms with E-state index in [1.807, 2.05) is 0 Å². The molecular weight excluding hydrogens is 193 g/mol. The molecule has 1 fully saturated rings. The Labute approximate surface area is 89.2 Å². The Hall–Kier alpha value is -1.09. The zero-order valence-electron chi connectivity index (χ0n) is 8.71. The van der Waals surface area contributed by atoms with Crippen LogP contribution in [0.3, 0.4) is 0 Å². The first kappa shape index (κ1) is 10.4. The van der Waals surface area contributed by atoms with Gasteiger partial charge in [0.1, 0.15) is 0 Å². The molecule has 0 heterocycles. The van der Waals surface area contributed by atoms with E-state index >= 15 is 0 Å². The zero-order chi connectivity index (χ0) is 10.7. The van der Waals surface area contributed by atoms with E-state index in [1.54, 1.807) is 18.2 Å². The average Bonchev–Trinajstić information content (AvgIpc) is 2.19. The van der Waals surface area contributed by atoms with E-state index in [9.17, 15) is 4.39 Å². The summed E-state index contributed by atoms with van der Waals surface area (Å²) >= 11 is 0. The summed E-state index contributed by atoms with van der Waals surface area (Å²) in [5.74, 6) is 0.0289. The van der Waals surface area contributed by atoms with Crippen molar-refractivity contribution >= 4 is 0 Å². The number of rotatable bonds is 4. The van der Waals surface area contributed by atoms with Crippen LogP contribution < -0.4 is 10.5 Å². The highest BCUT2D eigenvalue weighted by molar-refractivity contribution is 5.23. The molecule has 1 saturated carbocycles. The van der Waals surface area contributed by atoms with E-state index in [0.29, 0.717) is 18.9 Å². The molecule has 0 aliphatic heterocycles. The molecule has 15 heavy (non-hydrogen) atoms. The maximum atomic E-state index is 13.2. The summed E-state index contributed by atoms with van der Waals surface area (Å²) in [6.07, 6.45) is 3.40. The molecule has 2 rings (SSSR count). The first-order valence-corrected chi connectivity index (χ1v) is 5.33. The van der Waals surface area contributed by atoms with E-state index in [0.717, 1.165) is 12.8 Å². The maximum Gasteiger partial charge on any atom is 0.165 e. The van der Waals surface area contributed by atoms with Gasteiger partial charge < -0.3 is 10.5 Å². The van der Waals surface area contributed by atoms with Crippen LogP contribution in [-0.2, 0) is 0 Å². The lowest BCUT2D eigenvalue weighted by Crippen LogP contribution is -2.42. The van der Waals surface area contributed by atoms with Gasteiger partial charge in [-0.15, -0.1) is 0 Å². The van der Waals surface area contributed by atoms with Crippen LogP contribution in [0.1, 0.15) is 19.3 Å². The fraction of sp³-hybridized carbons (Fsp3) is 0.500. The predicted octanol–water partition coefficient (Wildman–Crippen LogP) is 2.33. The van der Waals surface area contributed by atoms with Crippen molar-refractivity contribution in [2.24, 2.45) is 11.1 Å². The molecule has 0 unspecified atom stereocenters. The van der Waals surface area contributed by atoms with E-state index in [1.165, 1.54) is 12.5 Å². The highest BCUT2D eigenvalue weighted by atomic mass is 19.1. The molecule has 1 aromatic rings. The van der Waals surface area contributed by atoms with Crippen LogP contribution in [0.5, 0.6) is 5.75 Å². The minimum Gasteiger partial charge on any atom is -0.490 e. The average molecular weight is 209 g/mol. The standard InChI is InChI=1S/C12H16FNO/c13-10-4-1-2-5-11(10)15-9-12(8-14)6-3-7-12/h1-2,4-5H,3,6-9,14H2. The lowest BCUT2D eigenvalue weighted by atomic mass is 9.69. The molecule has 0 atom stereocenters. The van der Waals surface area contributed by atoms with E-state index in [2.05, 4.69) is 0 Å². The predicted molar refractivity (Wildman–Crippen MR) is 57.2 cm³/mol. The second kappa shape index (κ2) is 4.19. The second-order valence-electron chi connectivity index (χ2n) is 4.28. The second-order valence-corrected chi connectivity index (χ2v) is 4.28. The summed E-state index contributed by atoms with van der Waals surface area (Å²) < 4.78 is 18.7. The SMILES string of the molecule is NCC1(COc2ccccc2F)CCC1. The number of hydrogen-bond donors (Lipinski definition) is 1. The molecule has 0 saturated heterocycles.